The van der Waals surface area contributed by atoms with Gasteiger partial charge in [-0.2, -0.15) is 0 Å². The van der Waals surface area contributed by atoms with Gasteiger partial charge in [-0.05, 0) is 25.5 Å². The molecular weight excluding hydrogens is 248 g/mol. The van der Waals surface area contributed by atoms with Crippen LogP contribution in [0.3, 0.4) is 0 Å². The first-order valence-corrected chi connectivity index (χ1v) is 6.16. The van der Waals surface area contributed by atoms with E-state index in [-0.39, 0.29) is 23.2 Å². The molecule has 2 unspecified atom stereocenters. The maximum atomic E-state index is 12.2. The smallest absolute Gasteiger partial charge is 0.354 e. The van der Waals surface area contributed by atoms with E-state index in [9.17, 15) is 14.7 Å². The van der Waals surface area contributed by atoms with Gasteiger partial charge in [-0.25, -0.2) is 9.78 Å². The molecule has 0 bridgehead atoms. The fourth-order valence-corrected chi connectivity index (χ4v) is 2.20. The number of amides is 1. The number of nitrogens with zero attached hydrogens (tertiary/aromatic N) is 2. The van der Waals surface area contributed by atoms with Crippen molar-refractivity contribution in [1.29, 1.82) is 0 Å². The lowest BCUT2D eigenvalue weighted by Crippen LogP contribution is -2.31. The lowest BCUT2D eigenvalue weighted by molar-refractivity contribution is 0.0690. The molecule has 0 aliphatic carbocycles. The SMILES string of the molecule is CC(O)C1CCN(C(=O)c2cccc(C(=O)O)n2)C1. The summed E-state index contributed by atoms with van der Waals surface area (Å²) >= 11 is 0. The van der Waals surface area contributed by atoms with Crippen molar-refractivity contribution < 1.29 is 19.8 Å². The quantitative estimate of drug-likeness (QED) is 0.835. The van der Waals surface area contributed by atoms with Crippen LogP contribution in [0.1, 0.15) is 34.3 Å². The van der Waals surface area contributed by atoms with Crippen LogP contribution in [-0.2, 0) is 0 Å². The van der Waals surface area contributed by atoms with E-state index in [1.54, 1.807) is 11.8 Å². The van der Waals surface area contributed by atoms with Gasteiger partial charge in [-0.3, -0.25) is 4.79 Å². The van der Waals surface area contributed by atoms with E-state index < -0.39 is 12.1 Å². The summed E-state index contributed by atoms with van der Waals surface area (Å²) in [5.74, 6) is -1.37. The second-order valence-electron chi connectivity index (χ2n) is 4.75. The van der Waals surface area contributed by atoms with Crippen molar-refractivity contribution in [2.75, 3.05) is 13.1 Å². The maximum Gasteiger partial charge on any atom is 0.354 e. The molecule has 1 saturated heterocycles. The molecular formula is C13H16N2O4. The molecule has 1 fully saturated rings. The van der Waals surface area contributed by atoms with Gasteiger partial charge >= 0.3 is 5.97 Å². The van der Waals surface area contributed by atoms with Crippen LogP contribution >= 0.6 is 0 Å². The molecule has 6 heteroatoms. The van der Waals surface area contributed by atoms with E-state index in [2.05, 4.69) is 4.98 Å². The molecule has 2 N–H and O–H groups in total. The first kappa shape index (κ1) is 13.5. The molecule has 102 valence electrons. The third-order valence-corrected chi connectivity index (χ3v) is 3.38. The van der Waals surface area contributed by atoms with Gasteiger partial charge in [0.1, 0.15) is 11.4 Å². The van der Waals surface area contributed by atoms with Crippen LogP contribution in [0.15, 0.2) is 18.2 Å². The Kier molecular flexibility index (Phi) is 3.80. The monoisotopic (exact) mass is 264 g/mol. The number of carbonyl (C=O) groups excluding carboxylic acids is 1. The Morgan fingerprint density at radius 2 is 2.11 bits per heavy atom. The average molecular weight is 264 g/mol. The normalized spacial score (nSPS) is 20.3. The number of aromatic carboxylic acids is 1. The highest BCUT2D eigenvalue weighted by atomic mass is 16.4. The zero-order chi connectivity index (χ0) is 14.0. The summed E-state index contributed by atoms with van der Waals surface area (Å²) < 4.78 is 0. The van der Waals surface area contributed by atoms with E-state index in [1.165, 1.54) is 18.2 Å². The molecule has 1 aromatic heterocycles. The first-order chi connectivity index (χ1) is 8.99. The van der Waals surface area contributed by atoms with Crippen molar-refractivity contribution in [3.05, 3.63) is 29.6 Å². The number of likely N-dealkylation sites (tertiary alicyclic amines) is 1. The Balaban J connectivity index is 2.12. The van der Waals surface area contributed by atoms with Crippen LogP contribution in [0.2, 0.25) is 0 Å². The van der Waals surface area contributed by atoms with Crippen LogP contribution in [0.4, 0.5) is 0 Å². The Bertz CT molecular complexity index is 501. The molecule has 6 nitrogen and oxygen atoms in total. The van der Waals surface area contributed by atoms with E-state index in [4.69, 9.17) is 5.11 Å². The largest absolute Gasteiger partial charge is 0.477 e. The minimum Gasteiger partial charge on any atom is -0.477 e. The highest BCUT2D eigenvalue weighted by Crippen LogP contribution is 2.21. The third kappa shape index (κ3) is 2.90. The van der Waals surface area contributed by atoms with Gasteiger partial charge in [0.2, 0.25) is 0 Å². The summed E-state index contributed by atoms with van der Waals surface area (Å²) in [6, 6.07) is 4.36. The number of aliphatic hydroxyl groups is 1. The van der Waals surface area contributed by atoms with Crippen LogP contribution in [0.25, 0.3) is 0 Å². The van der Waals surface area contributed by atoms with E-state index in [0.29, 0.717) is 13.1 Å². The van der Waals surface area contributed by atoms with Crippen LogP contribution in [0, 0.1) is 5.92 Å². The lowest BCUT2D eigenvalue weighted by atomic mass is 10.0. The predicted molar refractivity (Wildman–Crippen MR) is 66.9 cm³/mol. The summed E-state index contributed by atoms with van der Waals surface area (Å²) in [6.45, 7) is 2.75. The highest BCUT2D eigenvalue weighted by Gasteiger charge is 2.30. The van der Waals surface area contributed by atoms with Crippen molar-refractivity contribution in [3.8, 4) is 0 Å². The fourth-order valence-electron chi connectivity index (χ4n) is 2.20. The fraction of sp³-hybridized carbons (Fsp3) is 0.462. The van der Waals surface area contributed by atoms with E-state index in [0.717, 1.165) is 6.42 Å². The minimum absolute atomic E-state index is 0.0756. The second-order valence-corrected chi connectivity index (χ2v) is 4.75. The highest BCUT2D eigenvalue weighted by molar-refractivity contribution is 5.94. The number of rotatable bonds is 3. The molecule has 2 rings (SSSR count). The van der Waals surface area contributed by atoms with Crippen molar-refractivity contribution in [3.63, 3.8) is 0 Å². The van der Waals surface area contributed by atoms with Crippen molar-refractivity contribution in [2.24, 2.45) is 5.92 Å². The number of hydrogen-bond acceptors (Lipinski definition) is 4. The Hall–Kier alpha value is -1.95. The van der Waals surface area contributed by atoms with Crippen molar-refractivity contribution in [1.82, 2.24) is 9.88 Å². The Labute approximate surface area is 110 Å². The lowest BCUT2D eigenvalue weighted by Gasteiger charge is -2.17. The number of carbonyl (C=O) groups is 2. The van der Waals surface area contributed by atoms with Crippen molar-refractivity contribution in [2.45, 2.75) is 19.4 Å². The molecule has 0 saturated carbocycles. The molecule has 0 aromatic carbocycles. The molecule has 0 radical (unpaired) electrons. The summed E-state index contributed by atoms with van der Waals surface area (Å²) in [5, 5.41) is 18.4. The third-order valence-electron chi connectivity index (χ3n) is 3.38. The van der Waals surface area contributed by atoms with Gasteiger partial charge in [0, 0.05) is 19.0 Å². The first-order valence-electron chi connectivity index (χ1n) is 6.16. The van der Waals surface area contributed by atoms with Gasteiger partial charge < -0.3 is 15.1 Å². The second kappa shape index (κ2) is 5.36. The topological polar surface area (TPSA) is 90.7 Å². The zero-order valence-electron chi connectivity index (χ0n) is 10.6. The average Bonchev–Trinajstić information content (AvgIpc) is 2.87. The number of carboxylic acids is 1. The minimum atomic E-state index is -1.15. The van der Waals surface area contributed by atoms with Gasteiger partial charge in [-0.1, -0.05) is 6.07 Å². The summed E-state index contributed by atoms with van der Waals surface area (Å²) in [6.07, 6.45) is 0.304. The van der Waals surface area contributed by atoms with Gasteiger partial charge in [0.25, 0.3) is 5.91 Å². The number of aliphatic hydroxyl groups excluding tert-OH is 1. The predicted octanol–water partition coefficient (Wildman–Crippen LogP) is 0.623. The molecule has 1 aliphatic heterocycles. The molecule has 2 heterocycles. The number of hydrogen-bond donors (Lipinski definition) is 2. The molecule has 0 spiro atoms. The van der Waals surface area contributed by atoms with Crippen LogP contribution in [0.5, 0.6) is 0 Å². The Morgan fingerprint density at radius 1 is 1.42 bits per heavy atom. The molecule has 1 aliphatic rings. The molecule has 1 amide bonds. The summed E-state index contributed by atoms with van der Waals surface area (Å²) in [7, 11) is 0. The Morgan fingerprint density at radius 3 is 2.68 bits per heavy atom. The summed E-state index contributed by atoms with van der Waals surface area (Å²) in [5.41, 5.74) is -0.0109. The molecule has 19 heavy (non-hydrogen) atoms. The van der Waals surface area contributed by atoms with Gasteiger partial charge in [0.05, 0.1) is 6.10 Å². The van der Waals surface area contributed by atoms with E-state index in [1.807, 2.05) is 0 Å². The van der Waals surface area contributed by atoms with E-state index >= 15 is 0 Å². The number of aromatic nitrogens is 1. The standard InChI is InChI=1S/C13H16N2O4/c1-8(16)9-5-6-15(7-9)12(17)10-3-2-4-11(14-10)13(18)19/h2-4,8-9,16H,5-7H2,1H3,(H,18,19). The van der Waals surface area contributed by atoms with Crippen LogP contribution < -0.4 is 0 Å². The number of pyridine rings is 1. The zero-order valence-corrected chi connectivity index (χ0v) is 10.6. The summed E-state index contributed by atoms with van der Waals surface area (Å²) in [4.78, 5) is 28.4. The maximum absolute atomic E-state index is 12.2. The van der Waals surface area contributed by atoms with Crippen LogP contribution in [-0.4, -0.2) is 51.2 Å². The number of carboxylic acid groups (broad SMARTS) is 1. The molecule has 1 aromatic rings. The molecule has 2 atom stereocenters. The van der Waals surface area contributed by atoms with Crippen molar-refractivity contribution >= 4 is 11.9 Å². The van der Waals surface area contributed by atoms with Gasteiger partial charge in [0.15, 0.2) is 0 Å². The van der Waals surface area contributed by atoms with Gasteiger partial charge in [-0.15, -0.1) is 0 Å².